The Morgan fingerprint density at radius 2 is 1.62 bits per heavy atom. The second-order valence-electron chi connectivity index (χ2n) is 10.00. The minimum atomic E-state index is -4.56. The first-order chi connectivity index (χ1) is 18.4. The van der Waals surface area contributed by atoms with E-state index in [4.69, 9.17) is 14.2 Å². The molecule has 0 N–H and O–H groups in total. The Kier molecular flexibility index (Phi) is 7.67. The van der Waals surface area contributed by atoms with Crippen molar-refractivity contribution >= 4 is 17.1 Å². The van der Waals surface area contributed by atoms with Gasteiger partial charge in [0.25, 0.3) is 5.56 Å². The summed E-state index contributed by atoms with van der Waals surface area (Å²) in [7, 11) is 2.98. The van der Waals surface area contributed by atoms with Crippen molar-refractivity contribution in [1.82, 2.24) is 9.66 Å². The first-order valence-corrected chi connectivity index (χ1v) is 12.0. The minimum absolute atomic E-state index is 0.0369. The molecule has 0 amide bonds. The molecule has 1 heterocycles. The van der Waals surface area contributed by atoms with Crippen LogP contribution in [0.3, 0.4) is 0 Å². The van der Waals surface area contributed by atoms with E-state index in [1.165, 1.54) is 32.6 Å². The number of benzene rings is 3. The molecule has 204 valence electrons. The second kappa shape index (κ2) is 10.8. The van der Waals surface area contributed by atoms with E-state index in [1.54, 1.807) is 36.4 Å². The highest BCUT2D eigenvalue weighted by molar-refractivity contribution is 5.84. The first kappa shape index (κ1) is 27.7. The number of methoxy groups -OCH3 is 2. The Bertz CT molecular complexity index is 1560. The number of aromatic nitrogens is 2. The average Bonchev–Trinajstić information content (AvgIpc) is 2.90. The SMILES string of the molecule is COc1cc(C=Nn2c(-c3cccc(C(F)(F)F)c3)nc3ccccc3c2=O)cc(OC)c1OCC(C)(C)C. The van der Waals surface area contributed by atoms with Crippen LogP contribution in [-0.4, -0.2) is 36.7 Å². The number of hydrogen-bond acceptors (Lipinski definition) is 6. The molecule has 0 atom stereocenters. The molecule has 10 heteroatoms. The minimum Gasteiger partial charge on any atom is -0.493 e. The normalized spacial score (nSPS) is 12.2. The predicted molar refractivity (Wildman–Crippen MR) is 144 cm³/mol. The van der Waals surface area contributed by atoms with E-state index in [-0.39, 0.29) is 22.2 Å². The smallest absolute Gasteiger partial charge is 0.416 e. The number of fused-ring (bicyclic) bond motifs is 1. The van der Waals surface area contributed by atoms with Crippen LogP contribution in [0.2, 0.25) is 0 Å². The van der Waals surface area contributed by atoms with Crippen LogP contribution >= 0.6 is 0 Å². The van der Waals surface area contributed by atoms with Crippen molar-refractivity contribution in [2.45, 2.75) is 26.9 Å². The van der Waals surface area contributed by atoms with E-state index >= 15 is 0 Å². The molecule has 4 rings (SSSR count). The van der Waals surface area contributed by atoms with Crippen molar-refractivity contribution in [2.75, 3.05) is 20.8 Å². The van der Waals surface area contributed by atoms with Gasteiger partial charge in [0.15, 0.2) is 17.3 Å². The van der Waals surface area contributed by atoms with E-state index in [2.05, 4.69) is 10.1 Å². The van der Waals surface area contributed by atoms with Crippen LogP contribution in [-0.2, 0) is 6.18 Å². The zero-order chi connectivity index (χ0) is 28.4. The molecule has 1 aromatic heterocycles. The van der Waals surface area contributed by atoms with Gasteiger partial charge in [0.2, 0.25) is 5.75 Å². The molecular weight excluding hydrogens is 511 g/mol. The Balaban J connectivity index is 1.85. The van der Waals surface area contributed by atoms with Gasteiger partial charge in [-0.1, -0.05) is 45.0 Å². The van der Waals surface area contributed by atoms with Crippen molar-refractivity contribution in [2.24, 2.45) is 10.5 Å². The number of halogens is 3. The number of nitrogens with zero attached hydrogens (tertiary/aromatic N) is 3. The molecule has 0 radical (unpaired) electrons. The summed E-state index contributed by atoms with van der Waals surface area (Å²) in [4.78, 5) is 17.9. The Morgan fingerprint density at radius 1 is 0.949 bits per heavy atom. The maximum absolute atomic E-state index is 13.4. The van der Waals surface area contributed by atoms with Gasteiger partial charge in [-0.15, -0.1) is 0 Å². The van der Waals surface area contributed by atoms with Crippen LogP contribution in [0, 0.1) is 5.41 Å². The molecule has 0 fully saturated rings. The van der Waals surface area contributed by atoms with Gasteiger partial charge in [-0.05, 0) is 41.8 Å². The lowest BCUT2D eigenvalue weighted by atomic mass is 9.99. The highest BCUT2D eigenvalue weighted by Crippen LogP contribution is 2.39. The zero-order valence-electron chi connectivity index (χ0n) is 22.2. The number of alkyl halides is 3. The lowest BCUT2D eigenvalue weighted by molar-refractivity contribution is -0.137. The van der Waals surface area contributed by atoms with Crippen LogP contribution in [0.4, 0.5) is 13.2 Å². The maximum Gasteiger partial charge on any atom is 0.416 e. The van der Waals surface area contributed by atoms with Gasteiger partial charge in [0, 0.05) is 11.1 Å². The number of rotatable bonds is 7. The van der Waals surface area contributed by atoms with Crippen molar-refractivity contribution in [3.05, 3.63) is 82.1 Å². The summed E-state index contributed by atoms with van der Waals surface area (Å²) < 4.78 is 58.3. The maximum atomic E-state index is 13.4. The fraction of sp³-hybridized carbons (Fsp3) is 0.276. The van der Waals surface area contributed by atoms with Gasteiger partial charge in [-0.25, -0.2) is 4.98 Å². The van der Waals surface area contributed by atoms with Crippen LogP contribution in [0.25, 0.3) is 22.3 Å². The van der Waals surface area contributed by atoms with Crippen LogP contribution in [0.5, 0.6) is 17.2 Å². The Morgan fingerprint density at radius 3 is 2.23 bits per heavy atom. The van der Waals surface area contributed by atoms with Gasteiger partial charge >= 0.3 is 6.18 Å². The molecule has 0 spiro atoms. The van der Waals surface area contributed by atoms with Crippen LogP contribution in [0.1, 0.15) is 31.9 Å². The first-order valence-electron chi connectivity index (χ1n) is 12.0. The van der Waals surface area contributed by atoms with Gasteiger partial charge in [-0.2, -0.15) is 22.9 Å². The average molecular weight is 540 g/mol. The van der Waals surface area contributed by atoms with E-state index in [0.29, 0.717) is 34.9 Å². The van der Waals surface area contributed by atoms with Crippen molar-refractivity contribution in [3.8, 4) is 28.6 Å². The van der Waals surface area contributed by atoms with Crippen LogP contribution < -0.4 is 19.8 Å². The van der Waals surface area contributed by atoms with Gasteiger partial charge in [-0.3, -0.25) is 4.79 Å². The summed E-state index contributed by atoms with van der Waals surface area (Å²) in [5.41, 5.74) is -0.579. The van der Waals surface area contributed by atoms with E-state index < -0.39 is 17.3 Å². The molecule has 0 bridgehead atoms. The second-order valence-corrected chi connectivity index (χ2v) is 10.00. The van der Waals surface area contributed by atoms with E-state index in [9.17, 15) is 18.0 Å². The fourth-order valence-electron chi connectivity index (χ4n) is 3.78. The number of ether oxygens (including phenoxy) is 3. The summed E-state index contributed by atoms with van der Waals surface area (Å²) >= 11 is 0. The van der Waals surface area contributed by atoms with E-state index in [1.807, 2.05) is 20.8 Å². The molecule has 39 heavy (non-hydrogen) atoms. The third-order valence-electron chi connectivity index (χ3n) is 5.66. The summed E-state index contributed by atoms with van der Waals surface area (Å²) in [5.74, 6) is 1.16. The van der Waals surface area contributed by atoms with Crippen molar-refractivity contribution < 1.29 is 27.4 Å². The highest BCUT2D eigenvalue weighted by Gasteiger charge is 2.31. The van der Waals surface area contributed by atoms with Gasteiger partial charge < -0.3 is 14.2 Å². The topological polar surface area (TPSA) is 74.9 Å². The monoisotopic (exact) mass is 539 g/mol. The number of para-hydroxylation sites is 1. The predicted octanol–water partition coefficient (Wildman–Crippen LogP) is 6.41. The van der Waals surface area contributed by atoms with Crippen LogP contribution in [0.15, 0.2) is 70.6 Å². The summed E-state index contributed by atoms with van der Waals surface area (Å²) in [6, 6.07) is 14.5. The molecule has 3 aromatic carbocycles. The third kappa shape index (κ3) is 6.22. The molecular formula is C29H28F3N3O4. The molecule has 4 aromatic rings. The molecule has 0 aliphatic heterocycles. The molecule has 0 saturated heterocycles. The van der Waals surface area contributed by atoms with Crippen molar-refractivity contribution in [1.29, 1.82) is 0 Å². The summed E-state index contributed by atoms with van der Waals surface area (Å²) in [5, 5.41) is 4.61. The highest BCUT2D eigenvalue weighted by atomic mass is 19.4. The molecule has 0 unspecified atom stereocenters. The van der Waals surface area contributed by atoms with Gasteiger partial charge in [0.05, 0.1) is 43.5 Å². The zero-order valence-corrected chi connectivity index (χ0v) is 22.2. The fourth-order valence-corrected chi connectivity index (χ4v) is 3.78. The lowest BCUT2D eigenvalue weighted by Gasteiger charge is -2.21. The molecule has 0 aliphatic carbocycles. The summed E-state index contributed by atoms with van der Waals surface area (Å²) in [6.07, 6.45) is -3.18. The third-order valence-corrected chi connectivity index (χ3v) is 5.66. The molecule has 7 nitrogen and oxygen atoms in total. The lowest BCUT2D eigenvalue weighted by Crippen LogP contribution is -2.20. The molecule has 0 saturated carbocycles. The van der Waals surface area contributed by atoms with Crippen molar-refractivity contribution in [3.63, 3.8) is 0 Å². The quantitative estimate of drug-likeness (QED) is 0.254. The Labute approximate surface area is 223 Å². The van der Waals surface area contributed by atoms with E-state index in [0.717, 1.165) is 16.8 Å². The standard InChI is InChI=1S/C29H28F3N3O4/c1-28(2,3)17-39-25-23(37-4)13-18(14-24(25)38-5)16-33-35-26(19-9-8-10-20(15-19)29(30,31)32)34-22-12-7-6-11-21(22)27(35)36/h6-16H,17H2,1-5H3. The largest absolute Gasteiger partial charge is 0.493 e. The van der Waals surface area contributed by atoms with Gasteiger partial charge in [0.1, 0.15) is 0 Å². The summed E-state index contributed by atoms with van der Waals surface area (Å²) in [6.45, 7) is 6.50. The Hall–Kier alpha value is -4.34. The molecule has 0 aliphatic rings. The number of hydrogen-bond donors (Lipinski definition) is 0.